The maximum Gasteiger partial charge on any atom is 0.192 e. The van der Waals surface area contributed by atoms with E-state index in [9.17, 15) is 4.79 Å². The van der Waals surface area contributed by atoms with Crippen LogP contribution in [0.1, 0.15) is 34.8 Å². The van der Waals surface area contributed by atoms with Crippen LogP contribution in [0.15, 0.2) is 12.1 Å². The van der Waals surface area contributed by atoms with Gasteiger partial charge in [0.05, 0.1) is 12.7 Å². The third kappa shape index (κ3) is 3.56. The van der Waals surface area contributed by atoms with E-state index < -0.39 is 0 Å². The van der Waals surface area contributed by atoms with Crippen LogP contribution in [0.2, 0.25) is 0 Å². The molecule has 1 rings (SSSR count). The van der Waals surface area contributed by atoms with Gasteiger partial charge in [0.2, 0.25) is 0 Å². The lowest BCUT2D eigenvalue weighted by molar-refractivity contribution is 0.0758. The smallest absolute Gasteiger partial charge is 0.192 e. The molecule has 0 heterocycles. The molecule has 0 spiro atoms. The fourth-order valence-corrected chi connectivity index (χ4v) is 1.83. The maximum atomic E-state index is 12.0. The van der Waals surface area contributed by atoms with Crippen molar-refractivity contribution in [1.29, 1.82) is 0 Å². The number of ether oxygens (including phenoxy) is 2. The molecule has 0 atom stereocenters. The highest BCUT2D eigenvalue weighted by molar-refractivity contribution is 6.01. The molecule has 0 aliphatic heterocycles. The molecule has 94 valence electrons. The molecule has 3 heteroatoms. The summed E-state index contributed by atoms with van der Waals surface area (Å²) in [5.41, 5.74) is 2.66. The summed E-state index contributed by atoms with van der Waals surface area (Å²) in [7, 11) is 1.58. The number of Topliss-reactive ketones (excluding diaryl/α,β-unsaturated/α-hetero) is 1. The summed E-state index contributed by atoms with van der Waals surface area (Å²) in [5, 5.41) is 0. The molecule has 1 aromatic carbocycles. The summed E-state index contributed by atoms with van der Waals surface area (Å²) in [4.78, 5) is 12.0. The van der Waals surface area contributed by atoms with Crippen molar-refractivity contribution in [1.82, 2.24) is 0 Å². The largest absolute Gasteiger partial charge is 0.496 e. The molecule has 0 saturated heterocycles. The first-order valence-corrected chi connectivity index (χ1v) is 5.86. The van der Waals surface area contributed by atoms with E-state index >= 15 is 0 Å². The number of benzene rings is 1. The van der Waals surface area contributed by atoms with Gasteiger partial charge in [0, 0.05) is 6.61 Å². The predicted molar refractivity (Wildman–Crippen MR) is 67.9 cm³/mol. The Labute approximate surface area is 103 Å². The zero-order chi connectivity index (χ0) is 12.8. The molecule has 0 fully saturated rings. The van der Waals surface area contributed by atoms with Gasteiger partial charge in [-0.15, -0.1) is 0 Å². The highest BCUT2D eigenvalue weighted by Gasteiger charge is 2.15. The van der Waals surface area contributed by atoms with E-state index in [1.54, 1.807) is 7.11 Å². The summed E-state index contributed by atoms with van der Waals surface area (Å²) in [5.74, 6) is 0.611. The molecular weight excluding hydrogens is 216 g/mol. The second kappa shape index (κ2) is 6.40. The van der Waals surface area contributed by atoms with Gasteiger partial charge in [-0.2, -0.15) is 0 Å². The van der Waals surface area contributed by atoms with Crippen molar-refractivity contribution in [3.63, 3.8) is 0 Å². The SMILES string of the molecule is CCCOCC(=O)c1c(C)cc(C)cc1OC. The zero-order valence-corrected chi connectivity index (χ0v) is 11.0. The monoisotopic (exact) mass is 236 g/mol. The minimum Gasteiger partial charge on any atom is -0.496 e. The van der Waals surface area contributed by atoms with E-state index in [-0.39, 0.29) is 12.4 Å². The molecule has 0 N–H and O–H groups in total. The van der Waals surface area contributed by atoms with Gasteiger partial charge in [-0.05, 0) is 37.5 Å². The Morgan fingerprint density at radius 1 is 1.29 bits per heavy atom. The number of methoxy groups -OCH3 is 1. The fraction of sp³-hybridized carbons (Fsp3) is 0.500. The van der Waals surface area contributed by atoms with Crippen molar-refractivity contribution in [2.75, 3.05) is 20.3 Å². The highest BCUT2D eigenvalue weighted by atomic mass is 16.5. The van der Waals surface area contributed by atoms with Crippen LogP contribution in [0.5, 0.6) is 5.75 Å². The van der Waals surface area contributed by atoms with Gasteiger partial charge >= 0.3 is 0 Å². The Morgan fingerprint density at radius 3 is 2.59 bits per heavy atom. The number of hydrogen-bond donors (Lipinski definition) is 0. The lowest BCUT2D eigenvalue weighted by Gasteiger charge is -2.12. The van der Waals surface area contributed by atoms with E-state index in [0.29, 0.717) is 17.9 Å². The van der Waals surface area contributed by atoms with Crippen LogP contribution in [0.4, 0.5) is 0 Å². The summed E-state index contributed by atoms with van der Waals surface area (Å²) < 4.78 is 10.5. The average molecular weight is 236 g/mol. The van der Waals surface area contributed by atoms with E-state index in [1.165, 1.54) is 0 Å². The van der Waals surface area contributed by atoms with Gasteiger partial charge in [0.15, 0.2) is 5.78 Å². The normalized spacial score (nSPS) is 10.4. The fourth-order valence-electron chi connectivity index (χ4n) is 1.83. The van der Waals surface area contributed by atoms with Crippen molar-refractivity contribution in [3.8, 4) is 5.75 Å². The molecular formula is C14H20O3. The van der Waals surface area contributed by atoms with E-state index in [1.807, 2.05) is 32.9 Å². The summed E-state index contributed by atoms with van der Waals surface area (Å²) in [6.07, 6.45) is 0.914. The Balaban J connectivity index is 2.92. The molecule has 0 aliphatic rings. The molecule has 0 radical (unpaired) electrons. The topological polar surface area (TPSA) is 35.5 Å². The van der Waals surface area contributed by atoms with Crippen LogP contribution in [-0.2, 0) is 4.74 Å². The maximum absolute atomic E-state index is 12.0. The molecule has 0 saturated carbocycles. The van der Waals surface area contributed by atoms with E-state index in [0.717, 1.165) is 17.5 Å². The number of aryl methyl sites for hydroxylation is 2. The Bertz CT molecular complexity index is 397. The number of ketones is 1. The molecule has 0 amide bonds. The zero-order valence-electron chi connectivity index (χ0n) is 11.0. The first kappa shape index (κ1) is 13.7. The summed E-state index contributed by atoms with van der Waals surface area (Å²) in [6.45, 7) is 6.65. The first-order chi connectivity index (χ1) is 8.10. The number of carbonyl (C=O) groups is 1. The van der Waals surface area contributed by atoms with Crippen molar-refractivity contribution in [3.05, 3.63) is 28.8 Å². The van der Waals surface area contributed by atoms with Gasteiger partial charge < -0.3 is 9.47 Å². The summed E-state index contributed by atoms with van der Waals surface area (Å²) >= 11 is 0. The van der Waals surface area contributed by atoms with Crippen molar-refractivity contribution < 1.29 is 14.3 Å². The minimum absolute atomic E-state index is 0.0206. The van der Waals surface area contributed by atoms with Crippen molar-refractivity contribution >= 4 is 5.78 Å². The third-order valence-electron chi connectivity index (χ3n) is 2.52. The minimum atomic E-state index is -0.0206. The van der Waals surface area contributed by atoms with Gasteiger partial charge in [-0.3, -0.25) is 4.79 Å². The van der Waals surface area contributed by atoms with Crippen LogP contribution >= 0.6 is 0 Å². The predicted octanol–water partition coefficient (Wildman–Crippen LogP) is 2.92. The number of rotatable bonds is 6. The van der Waals surface area contributed by atoms with Gasteiger partial charge in [-0.1, -0.05) is 13.0 Å². The van der Waals surface area contributed by atoms with Crippen molar-refractivity contribution in [2.24, 2.45) is 0 Å². The molecule has 3 nitrogen and oxygen atoms in total. The Morgan fingerprint density at radius 2 is 2.00 bits per heavy atom. The summed E-state index contributed by atoms with van der Waals surface area (Å²) in [6, 6.07) is 3.86. The quantitative estimate of drug-likeness (QED) is 0.562. The standard InChI is InChI=1S/C14H20O3/c1-5-6-17-9-12(15)14-11(3)7-10(2)8-13(14)16-4/h7-8H,5-6,9H2,1-4H3. The van der Waals surface area contributed by atoms with Crippen LogP contribution in [0.3, 0.4) is 0 Å². The van der Waals surface area contributed by atoms with Crippen LogP contribution < -0.4 is 4.74 Å². The third-order valence-corrected chi connectivity index (χ3v) is 2.52. The lowest BCUT2D eigenvalue weighted by atomic mass is 10.0. The van der Waals surface area contributed by atoms with E-state index in [4.69, 9.17) is 9.47 Å². The van der Waals surface area contributed by atoms with Gasteiger partial charge in [-0.25, -0.2) is 0 Å². The van der Waals surface area contributed by atoms with Crippen LogP contribution in [0.25, 0.3) is 0 Å². The molecule has 0 unspecified atom stereocenters. The Kier molecular flexibility index (Phi) is 5.16. The molecule has 0 bridgehead atoms. The highest BCUT2D eigenvalue weighted by Crippen LogP contribution is 2.24. The van der Waals surface area contributed by atoms with E-state index in [2.05, 4.69) is 0 Å². The molecule has 0 aliphatic carbocycles. The first-order valence-electron chi connectivity index (χ1n) is 5.86. The molecule has 1 aromatic rings. The Hall–Kier alpha value is -1.35. The average Bonchev–Trinajstić information content (AvgIpc) is 2.27. The van der Waals surface area contributed by atoms with Crippen LogP contribution in [-0.4, -0.2) is 26.1 Å². The molecule has 0 aromatic heterocycles. The van der Waals surface area contributed by atoms with Gasteiger partial charge in [0.25, 0.3) is 0 Å². The second-order valence-electron chi connectivity index (χ2n) is 4.13. The number of hydrogen-bond acceptors (Lipinski definition) is 3. The molecule has 17 heavy (non-hydrogen) atoms. The number of carbonyl (C=O) groups excluding carboxylic acids is 1. The lowest BCUT2D eigenvalue weighted by Crippen LogP contribution is -2.12. The second-order valence-corrected chi connectivity index (χ2v) is 4.13. The van der Waals surface area contributed by atoms with Crippen LogP contribution in [0, 0.1) is 13.8 Å². The van der Waals surface area contributed by atoms with Crippen molar-refractivity contribution in [2.45, 2.75) is 27.2 Å². The van der Waals surface area contributed by atoms with Gasteiger partial charge in [0.1, 0.15) is 12.4 Å².